The molecule has 0 radical (unpaired) electrons. The Labute approximate surface area is 99.5 Å². The molecular formula is C10H18N4OS. The number of carbonyl (C=O) groups excluding carboxylic acids is 1. The molecule has 1 atom stereocenters. The average molecular weight is 242 g/mol. The highest BCUT2D eigenvalue weighted by atomic mass is 32.1. The average Bonchev–Trinajstić information content (AvgIpc) is 2.64. The van der Waals surface area contributed by atoms with Crippen molar-refractivity contribution < 1.29 is 4.79 Å². The number of carbonyl (C=O) groups is 1. The standard InChI is InChI=1S/C10H18N4OS/c1-5(2)7(11)8(15)12-10-14-13-9(16-10)6(3)4/h5-7H,11H2,1-4H3,(H,12,14,15). The van der Waals surface area contributed by atoms with Crippen LogP contribution < -0.4 is 11.1 Å². The van der Waals surface area contributed by atoms with Crippen LogP contribution in [0.15, 0.2) is 0 Å². The van der Waals surface area contributed by atoms with Crippen molar-refractivity contribution >= 4 is 22.4 Å². The van der Waals surface area contributed by atoms with Gasteiger partial charge in [0, 0.05) is 5.92 Å². The van der Waals surface area contributed by atoms with E-state index in [-0.39, 0.29) is 11.8 Å². The molecule has 0 aliphatic rings. The molecule has 0 fully saturated rings. The Morgan fingerprint density at radius 1 is 1.31 bits per heavy atom. The zero-order valence-electron chi connectivity index (χ0n) is 10.0. The fourth-order valence-corrected chi connectivity index (χ4v) is 1.76. The Kier molecular flexibility index (Phi) is 4.37. The second-order valence-corrected chi connectivity index (χ2v) is 5.37. The summed E-state index contributed by atoms with van der Waals surface area (Å²) in [5.74, 6) is 0.223. The first-order chi connectivity index (χ1) is 7.41. The molecule has 1 amide bonds. The van der Waals surface area contributed by atoms with Crippen LogP contribution in [0.1, 0.15) is 38.6 Å². The van der Waals surface area contributed by atoms with Gasteiger partial charge in [-0.25, -0.2) is 0 Å². The zero-order chi connectivity index (χ0) is 12.3. The zero-order valence-corrected chi connectivity index (χ0v) is 10.8. The Morgan fingerprint density at radius 2 is 1.94 bits per heavy atom. The molecule has 0 bridgehead atoms. The van der Waals surface area contributed by atoms with E-state index in [1.807, 2.05) is 27.7 Å². The van der Waals surface area contributed by atoms with Crippen molar-refractivity contribution in [3.05, 3.63) is 5.01 Å². The van der Waals surface area contributed by atoms with Gasteiger partial charge in [-0.2, -0.15) is 0 Å². The third-order valence-corrected chi connectivity index (χ3v) is 3.32. The van der Waals surface area contributed by atoms with Gasteiger partial charge in [-0.1, -0.05) is 39.0 Å². The summed E-state index contributed by atoms with van der Waals surface area (Å²) >= 11 is 1.39. The lowest BCUT2D eigenvalue weighted by Crippen LogP contribution is -2.39. The molecule has 3 N–H and O–H groups in total. The van der Waals surface area contributed by atoms with Crippen molar-refractivity contribution in [2.24, 2.45) is 11.7 Å². The number of nitrogens with zero attached hydrogens (tertiary/aromatic N) is 2. The van der Waals surface area contributed by atoms with E-state index in [2.05, 4.69) is 15.5 Å². The van der Waals surface area contributed by atoms with Gasteiger partial charge in [0.2, 0.25) is 11.0 Å². The molecule has 0 saturated heterocycles. The van der Waals surface area contributed by atoms with Crippen LogP contribution in [0, 0.1) is 5.92 Å². The van der Waals surface area contributed by atoms with Crippen LogP contribution >= 0.6 is 11.3 Å². The summed E-state index contributed by atoms with van der Waals surface area (Å²) in [6.45, 7) is 7.88. The van der Waals surface area contributed by atoms with Gasteiger partial charge in [0.05, 0.1) is 6.04 Å². The van der Waals surface area contributed by atoms with E-state index in [1.54, 1.807) is 0 Å². The van der Waals surface area contributed by atoms with Crippen LogP contribution in [0.3, 0.4) is 0 Å². The number of amides is 1. The summed E-state index contributed by atoms with van der Waals surface area (Å²) in [5.41, 5.74) is 5.72. The first-order valence-electron chi connectivity index (χ1n) is 5.31. The van der Waals surface area contributed by atoms with Crippen molar-refractivity contribution in [2.75, 3.05) is 5.32 Å². The number of rotatable bonds is 4. The van der Waals surface area contributed by atoms with Crippen molar-refractivity contribution in [2.45, 2.75) is 39.7 Å². The van der Waals surface area contributed by atoms with Crippen molar-refractivity contribution in [3.8, 4) is 0 Å². The summed E-state index contributed by atoms with van der Waals surface area (Å²) in [4.78, 5) is 11.6. The predicted octanol–water partition coefficient (Wildman–Crippen LogP) is 1.58. The number of hydrogen-bond acceptors (Lipinski definition) is 5. The van der Waals surface area contributed by atoms with Crippen molar-refractivity contribution in [1.82, 2.24) is 10.2 Å². The number of anilines is 1. The van der Waals surface area contributed by atoms with E-state index in [0.717, 1.165) is 5.01 Å². The maximum atomic E-state index is 11.6. The van der Waals surface area contributed by atoms with Gasteiger partial charge in [0.15, 0.2) is 0 Å². The van der Waals surface area contributed by atoms with Gasteiger partial charge in [-0.05, 0) is 5.92 Å². The van der Waals surface area contributed by atoms with Gasteiger partial charge in [-0.15, -0.1) is 10.2 Å². The van der Waals surface area contributed by atoms with E-state index in [0.29, 0.717) is 11.0 Å². The molecule has 1 unspecified atom stereocenters. The molecule has 1 aromatic rings. The number of hydrogen-bond donors (Lipinski definition) is 2. The molecule has 0 saturated carbocycles. The largest absolute Gasteiger partial charge is 0.320 e. The molecule has 90 valence electrons. The predicted molar refractivity (Wildman–Crippen MR) is 65.4 cm³/mol. The van der Waals surface area contributed by atoms with Gasteiger partial charge in [-0.3, -0.25) is 10.1 Å². The molecule has 5 nitrogen and oxygen atoms in total. The SMILES string of the molecule is CC(C)c1nnc(NC(=O)C(N)C(C)C)s1. The maximum absolute atomic E-state index is 11.6. The summed E-state index contributed by atoms with van der Waals surface area (Å²) in [6, 6.07) is -0.508. The molecule has 1 heterocycles. The Balaban J connectivity index is 2.63. The Morgan fingerprint density at radius 3 is 2.38 bits per heavy atom. The van der Waals surface area contributed by atoms with E-state index in [1.165, 1.54) is 11.3 Å². The van der Waals surface area contributed by atoms with Crippen molar-refractivity contribution in [1.29, 1.82) is 0 Å². The van der Waals surface area contributed by atoms with Crippen molar-refractivity contribution in [3.63, 3.8) is 0 Å². The lowest BCUT2D eigenvalue weighted by Gasteiger charge is -2.13. The normalized spacial score (nSPS) is 13.2. The third kappa shape index (κ3) is 3.24. The van der Waals surface area contributed by atoms with Crippen LogP contribution in [0.5, 0.6) is 0 Å². The second kappa shape index (κ2) is 5.36. The van der Waals surface area contributed by atoms with E-state index in [9.17, 15) is 4.79 Å². The smallest absolute Gasteiger partial charge is 0.243 e. The molecule has 1 rings (SSSR count). The summed E-state index contributed by atoms with van der Waals surface area (Å²) in [6.07, 6.45) is 0. The summed E-state index contributed by atoms with van der Waals surface area (Å²) in [5, 5.41) is 12.0. The van der Waals surface area contributed by atoms with Gasteiger partial charge < -0.3 is 5.73 Å². The fourth-order valence-electron chi connectivity index (χ4n) is 1.01. The van der Waals surface area contributed by atoms with Crippen LogP contribution in [0.4, 0.5) is 5.13 Å². The lowest BCUT2D eigenvalue weighted by atomic mass is 10.1. The maximum Gasteiger partial charge on any atom is 0.243 e. The van der Waals surface area contributed by atoms with Gasteiger partial charge in [0.1, 0.15) is 5.01 Å². The summed E-state index contributed by atoms with van der Waals surface area (Å²) in [7, 11) is 0. The molecule has 0 aliphatic carbocycles. The topological polar surface area (TPSA) is 80.9 Å². The third-order valence-electron chi connectivity index (χ3n) is 2.19. The van der Waals surface area contributed by atoms with Gasteiger partial charge in [0.25, 0.3) is 0 Å². The first-order valence-corrected chi connectivity index (χ1v) is 6.13. The van der Waals surface area contributed by atoms with E-state index in [4.69, 9.17) is 5.73 Å². The lowest BCUT2D eigenvalue weighted by molar-refractivity contribution is -0.118. The highest BCUT2D eigenvalue weighted by Gasteiger charge is 2.19. The molecule has 6 heteroatoms. The number of aromatic nitrogens is 2. The minimum Gasteiger partial charge on any atom is -0.320 e. The van der Waals surface area contributed by atoms with Crippen LogP contribution in [0.2, 0.25) is 0 Å². The molecule has 1 aromatic heterocycles. The van der Waals surface area contributed by atoms with E-state index >= 15 is 0 Å². The minimum absolute atomic E-state index is 0.109. The highest BCUT2D eigenvalue weighted by Crippen LogP contribution is 2.22. The molecule has 16 heavy (non-hydrogen) atoms. The Hall–Kier alpha value is -1.01. The first kappa shape index (κ1) is 13.1. The monoisotopic (exact) mass is 242 g/mol. The molecule has 0 spiro atoms. The van der Waals surface area contributed by atoms with Crippen LogP contribution in [-0.4, -0.2) is 22.1 Å². The quantitative estimate of drug-likeness (QED) is 0.840. The highest BCUT2D eigenvalue weighted by molar-refractivity contribution is 7.15. The molecule has 0 aromatic carbocycles. The fraction of sp³-hybridized carbons (Fsp3) is 0.700. The summed E-state index contributed by atoms with van der Waals surface area (Å²) < 4.78 is 0. The van der Waals surface area contributed by atoms with Gasteiger partial charge >= 0.3 is 0 Å². The molecule has 0 aliphatic heterocycles. The molecular weight excluding hydrogens is 224 g/mol. The Bertz CT molecular complexity index is 361. The minimum atomic E-state index is -0.508. The number of nitrogens with one attached hydrogen (secondary N) is 1. The second-order valence-electron chi connectivity index (χ2n) is 4.36. The van der Waals surface area contributed by atoms with E-state index < -0.39 is 6.04 Å². The van der Waals surface area contributed by atoms with Crippen LogP contribution in [-0.2, 0) is 4.79 Å². The number of nitrogens with two attached hydrogens (primary N) is 1. The van der Waals surface area contributed by atoms with Crippen LogP contribution in [0.25, 0.3) is 0 Å².